The van der Waals surface area contributed by atoms with Gasteiger partial charge in [-0.15, -0.1) is 0 Å². The van der Waals surface area contributed by atoms with E-state index in [1.54, 1.807) is 19.9 Å². The fraction of sp³-hybridized carbons (Fsp3) is 0.125. The van der Waals surface area contributed by atoms with E-state index in [4.69, 9.17) is 196 Å². The molecule has 0 radical (unpaired) electrons. The van der Waals surface area contributed by atoms with Gasteiger partial charge in [0.2, 0.25) is 6.41 Å². The molecule has 0 saturated carbocycles. The highest BCUT2D eigenvalue weighted by molar-refractivity contribution is 6.59. The third-order valence-corrected chi connectivity index (χ3v) is 22.2. The van der Waals surface area contributed by atoms with Gasteiger partial charge in [0.05, 0.1) is 148 Å². The number of amides is 4. The monoisotopic (exact) mass is 1420 g/mol. The van der Waals surface area contributed by atoms with Crippen molar-refractivity contribution in [2.75, 3.05) is 9.80 Å². The molecular formula is C56H22Cl16N4O7. The average molecular weight is 1430 g/mol. The summed E-state index contributed by atoms with van der Waals surface area (Å²) in [6.07, 6.45) is -0.128. The Bertz CT molecular complexity index is 4390. The van der Waals surface area contributed by atoms with E-state index in [1.165, 1.54) is 49.4 Å². The van der Waals surface area contributed by atoms with Gasteiger partial charge >= 0.3 is 0 Å². The molecular weight excluding hydrogens is 1410 g/mol. The second-order valence-corrected chi connectivity index (χ2v) is 25.7. The van der Waals surface area contributed by atoms with Gasteiger partial charge in [0, 0.05) is 28.2 Å². The lowest BCUT2D eigenvalue weighted by molar-refractivity contribution is -0.107. The molecule has 1 aliphatic heterocycles. The van der Waals surface area contributed by atoms with Crippen molar-refractivity contribution in [3.63, 3.8) is 0 Å². The fourth-order valence-corrected chi connectivity index (χ4v) is 15.4. The van der Waals surface area contributed by atoms with Gasteiger partial charge in [0.25, 0.3) is 17.7 Å². The number of pyridine rings is 2. The van der Waals surface area contributed by atoms with Crippen LogP contribution in [0.15, 0.2) is 48.5 Å². The molecule has 0 fully saturated rings. The van der Waals surface area contributed by atoms with E-state index in [-0.39, 0.29) is 177 Å². The summed E-state index contributed by atoms with van der Waals surface area (Å²) in [4.78, 5) is 113. The summed E-state index contributed by atoms with van der Waals surface area (Å²) in [7, 11) is 0. The van der Waals surface area contributed by atoms with Crippen LogP contribution < -0.4 is 9.80 Å². The van der Waals surface area contributed by atoms with Crippen LogP contribution in [-0.2, 0) is 16.6 Å². The topological polar surface area (TPSA) is 152 Å². The molecule has 11 nitrogen and oxygen atoms in total. The van der Waals surface area contributed by atoms with Crippen molar-refractivity contribution in [3.05, 3.63) is 196 Å². The van der Waals surface area contributed by atoms with Crippen molar-refractivity contribution in [1.29, 1.82) is 0 Å². The largest absolute Gasteiger partial charge is 0.293 e. The van der Waals surface area contributed by atoms with E-state index in [0.29, 0.717) is 5.56 Å². The van der Waals surface area contributed by atoms with Crippen LogP contribution in [0.5, 0.6) is 0 Å². The first kappa shape index (κ1) is 60.7. The SMILES string of the molecule is Cc1c(Cl)c(Cl)c(Cl)c(Cl)c1C(=O)N(C=O)c1c(Cc2ccc3nc(C4C(=O)c5c(Cl)c(Cl)c(Cl)c(Cl)c5C4=O)ccc3c2N2C(=O)c3c(Cl)c(Cl)c(Cl)c(Cl)c3C2=O)ccc2nc(C3C(=O)c4c(Cl)c(Cl)c(Cl)c(Cl)c4C3(C)C)ccc12. The minimum atomic E-state index is -1.60. The van der Waals surface area contributed by atoms with Crippen LogP contribution in [0.25, 0.3) is 21.8 Å². The molecule has 83 heavy (non-hydrogen) atoms. The Morgan fingerprint density at radius 3 is 1.48 bits per heavy atom. The van der Waals surface area contributed by atoms with Gasteiger partial charge in [-0.3, -0.25) is 43.5 Å². The quantitative estimate of drug-likeness (QED) is 0.0476. The molecule has 1 atom stereocenters. The predicted octanol–water partition coefficient (Wildman–Crippen LogP) is 20.2. The number of carbonyl (C=O) groups is 7. The van der Waals surface area contributed by atoms with Crippen LogP contribution in [-0.4, -0.2) is 51.4 Å². The van der Waals surface area contributed by atoms with Crippen molar-refractivity contribution in [2.24, 2.45) is 0 Å². The molecule has 0 spiro atoms. The molecule has 8 aromatic rings. The van der Waals surface area contributed by atoms with E-state index in [9.17, 15) is 28.8 Å². The number of benzene rings is 6. The Morgan fingerprint density at radius 2 is 0.940 bits per heavy atom. The zero-order valence-electron chi connectivity index (χ0n) is 41.3. The van der Waals surface area contributed by atoms with Crippen LogP contribution in [0.2, 0.25) is 80.4 Å². The number of fused-ring (bicyclic) bond motifs is 5. The Kier molecular flexibility index (Phi) is 15.9. The minimum absolute atomic E-state index is 0.0244. The van der Waals surface area contributed by atoms with Crippen molar-refractivity contribution >= 4 is 260 Å². The van der Waals surface area contributed by atoms with Crippen molar-refractivity contribution < 1.29 is 33.6 Å². The normalized spacial score (nSPS) is 15.6. The van der Waals surface area contributed by atoms with Crippen molar-refractivity contribution in [3.8, 4) is 0 Å². The molecule has 2 aliphatic carbocycles. The first-order valence-electron chi connectivity index (χ1n) is 23.6. The smallest absolute Gasteiger partial charge is 0.267 e. The lowest BCUT2D eigenvalue weighted by Crippen LogP contribution is -2.32. The van der Waals surface area contributed by atoms with Crippen LogP contribution >= 0.6 is 186 Å². The standard InChI is InChI=1S/C56H22Cl16N4O7/c1-14-23(33(58)41(66)40(65)32(14)57)53(81)75(13-77)48-15(4-8-19-17(48)7-11-22(74-19)30-52(80)29-31(56(30,2)3)39(64)47(72)46(71)38(29)63)12-16-5-9-20-18(49(16)76-54(82)27-28(55(76)83)37(62)45(70)44(69)36(27)61)6-10-21(73-20)24-50(78)25-26(51(24)79)35(60)43(68)42(67)34(25)59/h4-11,13,24,30H,12H2,1-3H3. The zero-order valence-corrected chi connectivity index (χ0v) is 53.3. The number of Topliss-reactive ketones (excluding diaryl/α,β-unsaturated/α-hetero) is 3. The third-order valence-electron chi connectivity index (χ3n) is 14.9. The molecule has 6 aromatic carbocycles. The molecule has 1 unspecified atom stereocenters. The van der Waals surface area contributed by atoms with Gasteiger partial charge < -0.3 is 0 Å². The summed E-state index contributed by atoms with van der Waals surface area (Å²) in [5, 5.41) is -3.43. The Morgan fingerprint density at radius 1 is 0.506 bits per heavy atom. The lowest BCUT2D eigenvalue weighted by Gasteiger charge is -2.28. The molecule has 0 N–H and O–H groups in total. The van der Waals surface area contributed by atoms with E-state index in [1.807, 2.05) is 0 Å². The van der Waals surface area contributed by atoms with Gasteiger partial charge in [-0.25, -0.2) is 9.80 Å². The number of ketones is 3. The molecule has 2 aromatic heterocycles. The van der Waals surface area contributed by atoms with E-state index in [2.05, 4.69) is 0 Å². The molecule has 3 heterocycles. The fourth-order valence-electron chi connectivity index (χ4n) is 11.1. The molecule has 420 valence electrons. The summed E-state index contributed by atoms with van der Waals surface area (Å²) in [5.41, 5.74) is -1.92. The summed E-state index contributed by atoms with van der Waals surface area (Å²) < 4.78 is 0. The van der Waals surface area contributed by atoms with Gasteiger partial charge in [0.15, 0.2) is 17.3 Å². The third kappa shape index (κ3) is 8.84. The van der Waals surface area contributed by atoms with Crippen LogP contribution in [0, 0.1) is 6.92 Å². The molecule has 0 bridgehead atoms. The molecule has 27 heteroatoms. The maximum Gasteiger partial charge on any atom is 0.267 e. The number of anilines is 2. The van der Waals surface area contributed by atoms with E-state index in [0.717, 1.165) is 9.80 Å². The highest BCUT2D eigenvalue weighted by Crippen LogP contribution is 2.57. The van der Waals surface area contributed by atoms with E-state index >= 15 is 4.79 Å². The van der Waals surface area contributed by atoms with Gasteiger partial charge in [-0.2, -0.15) is 0 Å². The maximum absolute atomic E-state index is 15.2. The molecule has 0 saturated heterocycles. The van der Waals surface area contributed by atoms with Crippen LogP contribution in [0.1, 0.15) is 121 Å². The van der Waals surface area contributed by atoms with E-state index < -0.39 is 63.4 Å². The zero-order chi connectivity index (χ0) is 60.4. The minimum Gasteiger partial charge on any atom is -0.293 e. The number of hydrogen-bond donors (Lipinski definition) is 0. The van der Waals surface area contributed by atoms with Gasteiger partial charge in [-0.05, 0) is 65.6 Å². The summed E-state index contributed by atoms with van der Waals surface area (Å²) in [5.74, 6) is -7.74. The Balaban J connectivity index is 1.13. The first-order chi connectivity index (χ1) is 39.0. The number of imide groups is 2. The van der Waals surface area contributed by atoms with Crippen molar-refractivity contribution in [1.82, 2.24) is 9.97 Å². The highest BCUT2D eigenvalue weighted by atomic mass is 35.5. The highest BCUT2D eigenvalue weighted by Gasteiger charge is 2.52. The number of carbonyl (C=O) groups excluding carboxylic acids is 7. The molecule has 4 amide bonds. The Hall–Kier alpha value is -3.93. The van der Waals surface area contributed by atoms with Crippen molar-refractivity contribution in [2.45, 2.75) is 44.4 Å². The average Bonchev–Trinajstić information content (AvgIpc) is 1.96. The number of halogens is 16. The van der Waals surface area contributed by atoms with Gasteiger partial charge in [-0.1, -0.05) is 212 Å². The summed E-state index contributed by atoms with van der Waals surface area (Å²) in [6.45, 7) is 4.96. The number of rotatable bonds is 8. The second kappa shape index (κ2) is 21.7. The molecule has 11 rings (SSSR count). The molecule has 3 aliphatic rings. The summed E-state index contributed by atoms with van der Waals surface area (Å²) >= 11 is 104. The first-order valence-corrected chi connectivity index (χ1v) is 29.6. The van der Waals surface area contributed by atoms with Crippen LogP contribution in [0.3, 0.4) is 0 Å². The van der Waals surface area contributed by atoms with Crippen LogP contribution in [0.4, 0.5) is 11.4 Å². The Labute approximate surface area is 548 Å². The summed E-state index contributed by atoms with van der Waals surface area (Å²) in [6, 6.07) is 11.8. The maximum atomic E-state index is 15.2. The second-order valence-electron chi connectivity index (χ2n) is 19.6. The van der Waals surface area contributed by atoms with Gasteiger partial charge in [0.1, 0.15) is 5.92 Å². The number of aromatic nitrogens is 2. The lowest BCUT2D eigenvalue weighted by atomic mass is 9.76. The number of nitrogens with zero attached hydrogens (tertiary/aromatic N) is 4. The number of hydrogen-bond acceptors (Lipinski definition) is 9. The predicted molar refractivity (Wildman–Crippen MR) is 332 cm³/mol.